The second kappa shape index (κ2) is 5.01. The third kappa shape index (κ3) is 2.65. The van der Waals surface area contributed by atoms with Crippen molar-refractivity contribution in [3.05, 3.63) is 29.4 Å². The fraction of sp³-hybridized carbons (Fsp3) is 0.300. The van der Waals surface area contributed by atoms with Crippen LogP contribution < -0.4 is 10.1 Å². The average molecular weight is 254 g/mol. The van der Waals surface area contributed by atoms with Gasteiger partial charge in [0.15, 0.2) is 5.82 Å². The van der Waals surface area contributed by atoms with Gasteiger partial charge < -0.3 is 14.6 Å². The quantitative estimate of drug-likeness (QED) is 0.894. The van der Waals surface area contributed by atoms with Crippen molar-refractivity contribution in [3.63, 3.8) is 0 Å². The van der Waals surface area contributed by atoms with Crippen LogP contribution in [0.2, 0.25) is 5.02 Å². The van der Waals surface area contributed by atoms with Gasteiger partial charge in [-0.25, -0.2) is 9.97 Å². The number of hydrogen-bond donors (Lipinski definition) is 1. The number of aryl methyl sites for hydroxylation is 1. The first-order chi connectivity index (χ1) is 8.20. The minimum absolute atomic E-state index is 0.275. The van der Waals surface area contributed by atoms with Crippen molar-refractivity contribution in [2.75, 3.05) is 12.4 Å². The summed E-state index contributed by atoms with van der Waals surface area (Å²) in [6, 6.07) is 0.275. The van der Waals surface area contributed by atoms with Crippen LogP contribution in [0.25, 0.3) is 0 Å². The summed E-state index contributed by atoms with van der Waals surface area (Å²) in [7, 11) is 3.43. The van der Waals surface area contributed by atoms with E-state index < -0.39 is 0 Å². The predicted octanol–water partition coefficient (Wildman–Crippen LogP) is 1.48. The summed E-state index contributed by atoms with van der Waals surface area (Å²) < 4.78 is 6.84. The number of methoxy groups -OCH3 is 1. The molecule has 0 atom stereocenters. The number of halogens is 1. The Morgan fingerprint density at radius 1 is 1.47 bits per heavy atom. The van der Waals surface area contributed by atoms with Gasteiger partial charge in [0.05, 0.1) is 19.9 Å². The molecule has 0 spiro atoms. The van der Waals surface area contributed by atoms with E-state index >= 15 is 0 Å². The summed E-state index contributed by atoms with van der Waals surface area (Å²) in [6.07, 6.45) is 5.10. The molecule has 0 fully saturated rings. The number of nitrogens with one attached hydrogen (secondary N) is 1. The van der Waals surface area contributed by atoms with Gasteiger partial charge in [-0.05, 0) is 0 Å². The lowest BCUT2D eigenvalue weighted by Crippen LogP contribution is -2.08. The third-order valence-electron chi connectivity index (χ3n) is 2.24. The summed E-state index contributed by atoms with van der Waals surface area (Å²) in [6.45, 7) is 0.531. The molecule has 17 heavy (non-hydrogen) atoms. The van der Waals surface area contributed by atoms with Crippen molar-refractivity contribution in [1.82, 2.24) is 19.5 Å². The van der Waals surface area contributed by atoms with E-state index in [-0.39, 0.29) is 6.01 Å². The monoisotopic (exact) mass is 253 g/mol. The Morgan fingerprint density at radius 2 is 2.29 bits per heavy atom. The Labute approximate surface area is 104 Å². The largest absolute Gasteiger partial charge is 0.467 e. The van der Waals surface area contributed by atoms with Crippen molar-refractivity contribution >= 4 is 17.4 Å². The molecule has 0 radical (unpaired) electrons. The smallest absolute Gasteiger partial charge is 0.318 e. The molecule has 7 heteroatoms. The molecule has 1 N–H and O–H groups in total. The van der Waals surface area contributed by atoms with Gasteiger partial charge in [-0.2, -0.15) is 4.98 Å². The summed E-state index contributed by atoms with van der Waals surface area (Å²) in [5, 5.41) is 3.53. The first-order valence-corrected chi connectivity index (χ1v) is 5.35. The van der Waals surface area contributed by atoms with Gasteiger partial charge in [-0.3, -0.25) is 0 Å². The number of anilines is 1. The van der Waals surface area contributed by atoms with Gasteiger partial charge in [-0.1, -0.05) is 11.6 Å². The molecule has 0 unspecified atom stereocenters. The van der Waals surface area contributed by atoms with Crippen LogP contribution in [0, 0.1) is 0 Å². The lowest BCUT2D eigenvalue weighted by molar-refractivity contribution is 0.380. The average Bonchev–Trinajstić information content (AvgIpc) is 2.74. The van der Waals surface area contributed by atoms with Crippen LogP contribution in [0.4, 0.5) is 5.82 Å². The molecule has 0 aromatic carbocycles. The number of rotatable bonds is 4. The molecule has 0 aliphatic heterocycles. The Morgan fingerprint density at radius 3 is 2.94 bits per heavy atom. The van der Waals surface area contributed by atoms with Crippen LogP contribution in [0.1, 0.15) is 5.82 Å². The molecule has 2 heterocycles. The lowest BCUT2D eigenvalue weighted by atomic mass is 10.5. The normalized spacial score (nSPS) is 10.3. The molecule has 6 nitrogen and oxygen atoms in total. The maximum Gasteiger partial charge on any atom is 0.318 e. The highest BCUT2D eigenvalue weighted by Crippen LogP contribution is 2.20. The highest BCUT2D eigenvalue weighted by molar-refractivity contribution is 6.32. The minimum atomic E-state index is 0.275. The zero-order valence-electron chi connectivity index (χ0n) is 9.51. The van der Waals surface area contributed by atoms with E-state index in [2.05, 4.69) is 20.3 Å². The summed E-state index contributed by atoms with van der Waals surface area (Å²) in [5.41, 5.74) is 0. The van der Waals surface area contributed by atoms with Crippen LogP contribution in [0.5, 0.6) is 6.01 Å². The highest BCUT2D eigenvalue weighted by atomic mass is 35.5. The molecule has 2 aromatic heterocycles. The molecule has 2 aromatic rings. The van der Waals surface area contributed by atoms with Crippen molar-refractivity contribution < 1.29 is 4.74 Å². The maximum absolute atomic E-state index is 5.96. The van der Waals surface area contributed by atoms with E-state index in [4.69, 9.17) is 16.3 Å². The van der Waals surface area contributed by atoms with Crippen molar-refractivity contribution in [2.24, 2.45) is 7.05 Å². The van der Waals surface area contributed by atoms with Crippen LogP contribution in [0.15, 0.2) is 18.6 Å². The molecule has 0 aliphatic carbocycles. The van der Waals surface area contributed by atoms with Crippen molar-refractivity contribution in [3.8, 4) is 6.01 Å². The molecular weight excluding hydrogens is 242 g/mol. The fourth-order valence-electron chi connectivity index (χ4n) is 1.30. The Kier molecular flexibility index (Phi) is 3.43. The zero-order valence-corrected chi connectivity index (χ0v) is 10.3. The second-order valence-electron chi connectivity index (χ2n) is 3.36. The first kappa shape index (κ1) is 11.7. The topological polar surface area (TPSA) is 64.9 Å². The lowest BCUT2D eigenvalue weighted by Gasteiger charge is -2.08. The Hall–Kier alpha value is -1.82. The maximum atomic E-state index is 5.96. The number of hydrogen-bond acceptors (Lipinski definition) is 5. The Balaban J connectivity index is 2.11. The van der Waals surface area contributed by atoms with Gasteiger partial charge in [0.2, 0.25) is 0 Å². The summed E-state index contributed by atoms with van der Waals surface area (Å²) >= 11 is 5.96. The van der Waals surface area contributed by atoms with Crippen LogP contribution in [0.3, 0.4) is 0 Å². The summed E-state index contributed by atoms with van der Waals surface area (Å²) in [5.74, 6) is 1.42. The van der Waals surface area contributed by atoms with Crippen LogP contribution in [-0.2, 0) is 13.6 Å². The third-order valence-corrected chi connectivity index (χ3v) is 2.52. The molecule has 0 saturated heterocycles. The second-order valence-corrected chi connectivity index (χ2v) is 3.77. The number of imidazole rings is 1. The SMILES string of the molecule is COc1ncc(Cl)c(NCc2nccn2C)n1. The standard InChI is InChI=1S/C10H12ClN5O/c1-16-4-3-12-8(16)6-13-9-7(11)5-14-10(15-9)17-2/h3-5H,6H2,1-2H3,(H,13,14,15). The van der Waals surface area contributed by atoms with E-state index in [1.54, 1.807) is 6.20 Å². The van der Waals surface area contributed by atoms with Crippen LogP contribution in [-0.4, -0.2) is 26.6 Å². The van der Waals surface area contributed by atoms with Gasteiger partial charge >= 0.3 is 6.01 Å². The molecule has 0 saturated carbocycles. The van der Waals surface area contributed by atoms with Crippen molar-refractivity contribution in [1.29, 1.82) is 0 Å². The van der Waals surface area contributed by atoms with Crippen molar-refractivity contribution in [2.45, 2.75) is 6.54 Å². The molecule has 0 amide bonds. The molecule has 2 rings (SSSR count). The van der Waals surface area contributed by atoms with E-state index in [0.717, 1.165) is 5.82 Å². The highest BCUT2D eigenvalue weighted by Gasteiger charge is 2.06. The van der Waals surface area contributed by atoms with Gasteiger partial charge in [-0.15, -0.1) is 0 Å². The van der Waals surface area contributed by atoms with E-state index in [1.807, 2.05) is 17.8 Å². The number of nitrogens with zero attached hydrogens (tertiary/aromatic N) is 4. The predicted molar refractivity (Wildman–Crippen MR) is 64.1 cm³/mol. The number of aromatic nitrogens is 4. The molecule has 0 aliphatic rings. The molecule has 90 valence electrons. The zero-order chi connectivity index (χ0) is 12.3. The molecular formula is C10H12ClN5O. The van der Waals surface area contributed by atoms with Gasteiger partial charge in [0.1, 0.15) is 10.8 Å². The van der Waals surface area contributed by atoms with E-state index in [0.29, 0.717) is 17.4 Å². The fourth-order valence-corrected chi connectivity index (χ4v) is 1.46. The molecule has 0 bridgehead atoms. The van der Waals surface area contributed by atoms with Gasteiger partial charge in [0, 0.05) is 19.4 Å². The number of ether oxygens (including phenoxy) is 1. The Bertz CT molecular complexity index is 513. The van der Waals surface area contributed by atoms with E-state index in [1.165, 1.54) is 13.3 Å². The van der Waals surface area contributed by atoms with Crippen LogP contribution >= 0.6 is 11.6 Å². The van der Waals surface area contributed by atoms with E-state index in [9.17, 15) is 0 Å². The summed E-state index contributed by atoms with van der Waals surface area (Å²) in [4.78, 5) is 12.2. The minimum Gasteiger partial charge on any atom is -0.467 e. The van der Waals surface area contributed by atoms with Gasteiger partial charge in [0.25, 0.3) is 0 Å². The first-order valence-electron chi connectivity index (χ1n) is 4.97.